The first-order valence-corrected chi connectivity index (χ1v) is 15.8. The van der Waals surface area contributed by atoms with Crippen molar-refractivity contribution in [1.82, 2.24) is 0 Å². The van der Waals surface area contributed by atoms with Gasteiger partial charge in [0.1, 0.15) is 12.1 Å². The SMILES string of the molecule is CC(C)C(N)C(=O)O[C@@H]1CC[C@@]2(C)C(CCC3C2CC[C@@]2(C)C3CC3O[C@]4(CC[C@H](C)CO4)[C@@H](C)C32)C1. The van der Waals surface area contributed by atoms with Crippen molar-refractivity contribution in [3.8, 4) is 0 Å². The van der Waals surface area contributed by atoms with Gasteiger partial charge in [0.15, 0.2) is 5.79 Å². The maximum Gasteiger partial charge on any atom is 0.323 e. The molecule has 0 amide bonds. The van der Waals surface area contributed by atoms with Gasteiger partial charge in [0, 0.05) is 12.3 Å². The molecule has 0 aromatic rings. The molecule has 7 unspecified atom stereocenters. The molecule has 0 aromatic heterocycles. The Morgan fingerprint density at radius 2 is 1.70 bits per heavy atom. The Bertz CT molecular complexity index is 882. The van der Waals surface area contributed by atoms with Gasteiger partial charge in [-0.25, -0.2) is 0 Å². The van der Waals surface area contributed by atoms with Gasteiger partial charge in [-0.3, -0.25) is 4.79 Å². The van der Waals surface area contributed by atoms with Gasteiger partial charge in [-0.05, 0) is 110 Å². The van der Waals surface area contributed by atoms with Crippen molar-refractivity contribution in [2.75, 3.05) is 6.61 Å². The summed E-state index contributed by atoms with van der Waals surface area (Å²) >= 11 is 0. The van der Waals surface area contributed by atoms with Crippen LogP contribution in [0.4, 0.5) is 0 Å². The average molecular weight is 516 g/mol. The summed E-state index contributed by atoms with van der Waals surface area (Å²) in [7, 11) is 0. The van der Waals surface area contributed by atoms with Crippen molar-refractivity contribution in [1.29, 1.82) is 0 Å². The Morgan fingerprint density at radius 3 is 2.41 bits per heavy atom. The highest BCUT2D eigenvalue weighted by molar-refractivity contribution is 5.75. The van der Waals surface area contributed by atoms with Crippen LogP contribution in [0.5, 0.6) is 0 Å². The van der Waals surface area contributed by atoms with E-state index < -0.39 is 6.04 Å². The summed E-state index contributed by atoms with van der Waals surface area (Å²) in [6.07, 6.45) is 12.5. The fourth-order valence-corrected chi connectivity index (χ4v) is 10.9. The number of hydrogen-bond acceptors (Lipinski definition) is 5. The van der Waals surface area contributed by atoms with Gasteiger partial charge in [0.25, 0.3) is 0 Å². The molecule has 5 nitrogen and oxygen atoms in total. The standard InChI is InChI=1S/C32H53NO4/c1-18(2)28(33)29(34)36-22-10-12-30(5)21(15-22)7-8-23-24(30)11-13-31(6)25(23)16-26-27(31)20(4)32(37-26)14-9-19(3)17-35-32/h18-28H,7-17,33H2,1-6H3/t19-,20-,21?,22+,23?,24?,25?,26?,27?,28?,30-,31-,32+/m0/s1. The van der Waals surface area contributed by atoms with Crippen molar-refractivity contribution in [2.45, 2.75) is 130 Å². The fourth-order valence-electron chi connectivity index (χ4n) is 10.9. The first kappa shape index (κ1) is 26.6. The van der Waals surface area contributed by atoms with E-state index in [1.165, 1.54) is 44.9 Å². The molecule has 0 bridgehead atoms. The molecular formula is C32H53NO4. The first-order valence-electron chi connectivity index (χ1n) is 15.8. The van der Waals surface area contributed by atoms with E-state index in [1.54, 1.807) is 0 Å². The van der Waals surface area contributed by atoms with Crippen LogP contribution in [0.3, 0.4) is 0 Å². The van der Waals surface area contributed by atoms with Gasteiger partial charge in [-0.1, -0.05) is 41.5 Å². The number of carbonyl (C=O) groups excluding carboxylic acids is 1. The third-order valence-electron chi connectivity index (χ3n) is 13.2. The maximum atomic E-state index is 12.6. The Morgan fingerprint density at radius 1 is 0.946 bits per heavy atom. The normalized spacial score (nSPS) is 53.8. The maximum absolute atomic E-state index is 12.6. The minimum atomic E-state index is -0.506. The summed E-state index contributed by atoms with van der Waals surface area (Å²) in [6.45, 7) is 14.8. The Balaban J connectivity index is 1.15. The molecule has 1 spiro atoms. The van der Waals surface area contributed by atoms with Gasteiger partial charge >= 0.3 is 5.97 Å². The van der Waals surface area contributed by atoms with Gasteiger partial charge in [-0.2, -0.15) is 0 Å². The van der Waals surface area contributed by atoms with E-state index in [2.05, 4.69) is 27.7 Å². The van der Waals surface area contributed by atoms with Crippen LogP contribution in [0.2, 0.25) is 0 Å². The smallest absolute Gasteiger partial charge is 0.323 e. The third-order valence-corrected chi connectivity index (χ3v) is 13.2. The minimum Gasteiger partial charge on any atom is -0.461 e. The molecule has 2 N–H and O–H groups in total. The Labute approximate surface area is 225 Å². The molecule has 6 aliphatic rings. The highest BCUT2D eigenvalue weighted by Crippen LogP contribution is 2.71. The van der Waals surface area contributed by atoms with Crippen molar-refractivity contribution in [3.63, 3.8) is 0 Å². The summed E-state index contributed by atoms with van der Waals surface area (Å²) in [5.74, 6) is 4.44. The topological polar surface area (TPSA) is 70.8 Å². The zero-order valence-electron chi connectivity index (χ0n) is 24.3. The van der Waals surface area contributed by atoms with E-state index in [-0.39, 0.29) is 23.8 Å². The lowest BCUT2D eigenvalue weighted by Gasteiger charge is -2.61. The van der Waals surface area contributed by atoms with Crippen molar-refractivity contribution in [3.05, 3.63) is 0 Å². The molecule has 0 radical (unpaired) electrons. The Kier molecular flexibility index (Phi) is 6.60. The van der Waals surface area contributed by atoms with Crippen LogP contribution in [0, 0.1) is 58.2 Å². The lowest BCUT2D eigenvalue weighted by atomic mass is 9.44. The summed E-state index contributed by atoms with van der Waals surface area (Å²) < 4.78 is 19.4. The van der Waals surface area contributed by atoms with Gasteiger partial charge in [0.2, 0.25) is 0 Å². The van der Waals surface area contributed by atoms with Crippen LogP contribution in [0.25, 0.3) is 0 Å². The van der Waals surface area contributed by atoms with Crippen LogP contribution >= 0.6 is 0 Å². The molecule has 2 heterocycles. The fraction of sp³-hybridized carbons (Fsp3) is 0.969. The van der Waals surface area contributed by atoms with Crippen LogP contribution in [0.1, 0.15) is 106 Å². The van der Waals surface area contributed by atoms with Crippen LogP contribution in [-0.2, 0) is 19.0 Å². The zero-order valence-corrected chi connectivity index (χ0v) is 24.3. The lowest BCUT2D eigenvalue weighted by molar-refractivity contribution is -0.273. The molecule has 0 aromatic carbocycles. The van der Waals surface area contributed by atoms with Crippen LogP contribution in [-0.4, -0.2) is 36.6 Å². The summed E-state index contributed by atoms with van der Waals surface area (Å²) in [5.41, 5.74) is 6.85. The number of hydrogen-bond donors (Lipinski definition) is 1. The lowest BCUT2D eigenvalue weighted by Crippen LogP contribution is -2.55. The van der Waals surface area contributed by atoms with Gasteiger partial charge in [-0.15, -0.1) is 0 Å². The predicted molar refractivity (Wildman–Crippen MR) is 144 cm³/mol. The van der Waals surface area contributed by atoms with E-state index in [0.717, 1.165) is 43.6 Å². The van der Waals surface area contributed by atoms with Crippen molar-refractivity contribution in [2.24, 2.45) is 63.9 Å². The molecule has 5 heteroatoms. The molecule has 2 aliphatic heterocycles. The van der Waals surface area contributed by atoms with Crippen molar-refractivity contribution < 1.29 is 19.0 Å². The van der Waals surface area contributed by atoms with E-state index >= 15 is 0 Å². The van der Waals surface area contributed by atoms with E-state index in [0.29, 0.717) is 40.6 Å². The van der Waals surface area contributed by atoms with Crippen LogP contribution in [0.15, 0.2) is 0 Å². The number of carbonyl (C=O) groups is 1. The molecule has 4 aliphatic carbocycles. The number of esters is 1. The second kappa shape index (κ2) is 9.20. The molecule has 2 saturated heterocycles. The zero-order chi connectivity index (χ0) is 26.3. The highest BCUT2D eigenvalue weighted by atomic mass is 16.7. The average Bonchev–Trinajstić information content (AvgIpc) is 3.30. The van der Waals surface area contributed by atoms with Gasteiger partial charge < -0.3 is 19.9 Å². The number of nitrogens with two attached hydrogens (primary N) is 1. The molecule has 210 valence electrons. The summed E-state index contributed by atoms with van der Waals surface area (Å²) in [5, 5.41) is 0. The predicted octanol–water partition coefficient (Wildman–Crippen LogP) is 6.33. The quantitative estimate of drug-likeness (QED) is 0.445. The van der Waals surface area contributed by atoms with Crippen LogP contribution < -0.4 is 5.73 Å². The number of rotatable bonds is 3. The molecular weight excluding hydrogens is 462 g/mol. The summed E-state index contributed by atoms with van der Waals surface area (Å²) in [4.78, 5) is 12.6. The van der Waals surface area contributed by atoms with E-state index in [4.69, 9.17) is 19.9 Å². The summed E-state index contributed by atoms with van der Waals surface area (Å²) in [6, 6.07) is -0.506. The Hall–Kier alpha value is -0.650. The largest absolute Gasteiger partial charge is 0.461 e. The van der Waals surface area contributed by atoms with Gasteiger partial charge in [0.05, 0.1) is 12.7 Å². The first-order chi connectivity index (χ1) is 17.5. The third kappa shape index (κ3) is 3.98. The monoisotopic (exact) mass is 515 g/mol. The van der Waals surface area contributed by atoms with E-state index in [9.17, 15) is 4.79 Å². The molecule has 4 saturated carbocycles. The minimum absolute atomic E-state index is 0.0512. The molecule has 13 atom stereocenters. The van der Waals surface area contributed by atoms with Crippen molar-refractivity contribution >= 4 is 5.97 Å². The highest BCUT2D eigenvalue weighted by Gasteiger charge is 2.69. The second-order valence-corrected chi connectivity index (χ2v) is 15.3. The number of fused-ring (bicyclic) bond motifs is 7. The molecule has 6 rings (SSSR count). The molecule has 37 heavy (non-hydrogen) atoms. The van der Waals surface area contributed by atoms with E-state index in [1.807, 2.05) is 13.8 Å². The second-order valence-electron chi connectivity index (χ2n) is 15.3. The molecule has 6 fully saturated rings. The number of ether oxygens (including phenoxy) is 3.